The monoisotopic (exact) mass is 327 g/mol. The lowest BCUT2D eigenvalue weighted by molar-refractivity contribution is 0.0697. The van der Waals surface area contributed by atoms with Crippen molar-refractivity contribution in [2.24, 2.45) is 0 Å². The van der Waals surface area contributed by atoms with Crippen molar-refractivity contribution in [3.05, 3.63) is 58.1 Å². The lowest BCUT2D eigenvalue weighted by atomic mass is 10.2. The second-order valence-corrected chi connectivity index (χ2v) is 4.61. The first kappa shape index (κ1) is 13.5. The van der Waals surface area contributed by atoms with Crippen LogP contribution in [0.5, 0.6) is 0 Å². The summed E-state index contributed by atoms with van der Waals surface area (Å²) >= 11 is 2.88. The van der Waals surface area contributed by atoms with Crippen LogP contribution in [0.25, 0.3) is 0 Å². The predicted octanol–water partition coefficient (Wildman–Crippen LogP) is 4.17. The Morgan fingerprint density at radius 2 is 1.74 bits per heavy atom. The molecule has 0 bridgehead atoms. The van der Waals surface area contributed by atoms with E-state index >= 15 is 0 Å². The number of halogens is 3. The molecule has 0 heterocycles. The van der Waals surface area contributed by atoms with Crippen LogP contribution >= 0.6 is 15.9 Å². The molecule has 6 heteroatoms. The summed E-state index contributed by atoms with van der Waals surface area (Å²) in [6.45, 7) is 0. The number of carboxylic acids is 1. The van der Waals surface area contributed by atoms with E-state index in [4.69, 9.17) is 5.11 Å². The van der Waals surface area contributed by atoms with Crippen LogP contribution in [0, 0.1) is 11.6 Å². The molecule has 0 aliphatic rings. The van der Waals surface area contributed by atoms with Crippen LogP contribution in [0.3, 0.4) is 0 Å². The van der Waals surface area contributed by atoms with Gasteiger partial charge in [0.15, 0.2) is 0 Å². The summed E-state index contributed by atoms with van der Waals surface area (Å²) in [6, 6.07) is 7.73. The van der Waals surface area contributed by atoms with E-state index in [-0.39, 0.29) is 15.7 Å². The molecule has 0 saturated heterocycles. The Bertz CT molecular complexity index is 629. The maximum absolute atomic E-state index is 13.6. The van der Waals surface area contributed by atoms with Gasteiger partial charge in [-0.25, -0.2) is 13.6 Å². The van der Waals surface area contributed by atoms with E-state index in [2.05, 4.69) is 21.2 Å². The van der Waals surface area contributed by atoms with E-state index in [1.807, 2.05) is 0 Å². The number of benzene rings is 2. The molecule has 0 aromatic heterocycles. The SMILES string of the molecule is O=C(O)c1ccc(Nc2cc(F)c(Br)cc2F)cc1. The molecule has 0 amide bonds. The average molecular weight is 328 g/mol. The molecule has 0 saturated carbocycles. The molecule has 0 spiro atoms. The highest BCUT2D eigenvalue weighted by molar-refractivity contribution is 9.10. The van der Waals surface area contributed by atoms with Crippen LogP contribution in [0.4, 0.5) is 20.2 Å². The molecule has 0 aliphatic heterocycles. The highest BCUT2D eigenvalue weighted by Crippen LogP contribution is 2.26. The van der Waals surface area contributed by atoms with Gasteiger partial charge in [-0.3, -0.25) is 0 Å². The summed E-state index contributed by atoms with van der Waals surface area (Å²) in [5.74, 6) is -2.26. The third-order valence-electron chi connectivity index (χ3n) is 2.42. The molecule has 2 aromatic rings. The van der Waals surface area contributed by atoms with Gasteiger partial charge in [0.05, 0.1) is 15.7 Å². The van der Waals surface area contributed by atoms with Crippen molar-refractivity contribution in [3.8, 4) is 0 Å². The van der Waals surface area contributed by atoms with Crippen molar-refractivity contribution in [2.75, 3.05) is 5.32 Å². The van der Waals surface area contributed by atoms with Gasteiger partial charge >= 0.3 is 5.97 Å². The minimum atomic E-state index is -1.05. The normalized spacial score (nSPS) is 10.3. The molecule has 2 aromatic carbocycles. The van der Waals surface area contributed by atoms with Crippen LogP contribution < -0.4 is 5.32 Å². The van der Waals surface area contributed by atoms with Gasteiger partial charge in [0, 0.05) is 11.8 Å². The summed E-state index contributed by atoms with van der Waals surface area (Å²) in [5.41, 5.74) is 0.558. The molecule has 0 aliphatic carbocycles. The lowest BCUT2D eigenvalue weighted by Crippen LogP contribution is -1.98. The van der Waals surface area contributed by atoms with Gasteiger partial charge in [-0.15, -0.1) is 0 Å². The molecule has 0 atom stereocenters. The molecule has 19 heavy (non-hydrogen) atoms. The summed E-state index contributed by atoms with van der Waals surface area (Å²) in [7, 11) is 0. The summed E-state index contributed by atoms with van der Waals surface area (Å²) in [6.07, 6.45) is 0. The Kier molecular flexibility index (Phi) is 3.80. The van der Waals surface area contributed by atoms with Crippen LogP contribution in [-0.2, 0) is 0 Å². The van der Waals surface area contributed by atoms with Crippen LogP contribution in [0.2, 0.25) is 0 Å². The average Bonchev–Trinajstić information content (AvgIpc) is 2.36. The second kappa shape index (κ2) is 5.36. The molecule has 0 radical (unpaired) electrons. The molecule has 2 N–H and O–H groups in total. The van der Waals surface area contributed by atoms with Crippen molar-refractivity contribution < 1.29 is 18.7 Å². The van der Waals surface area contributed by atoms with E-state index < -0.39 is 17.6 Å². The summed E-state index contributed by atoms with van der Waals surface area (Å²) in [5, 5.41) is 11.4. The first-order valence-corrected chi connectivity index (χ1v) is 6.01. The quantitative estimate of drug-likeness (QED) is 0.832. The van der Waals surface area contributed by atoms with E-state index in [9.17, 15) is 13.6 Å². The third kappa shape index (κ3) is 3.08. The Balaban J connectivity index is 2.26. The fraction of sp³-hybridized carbons (Fsp3) is 0. The number of anilines is 2. The van der Waals surface area contributed by atoms with Crippen molar-refractivity contribution in [1.82, 2.24) is 0 Å². The number of carboxylic acid groups (broad SMARTS) is 1. The zero-order valence-electron chi connectivity index (χ0n) is 9.45. The molecule has 3 nitrogen and oxygen atoms in total. The minimum Gasteiger partial charge on any atom is -0.478 e. The highest BCUT2D eigenvalue weighted by Gasteiger charge is 2.09. The zero-order valence-corrected chi connectivity index (χ0v) is 11.0. The van der Waals surface area contributed by atoms with E-state index in [0.717, 1.165) is 12.1 Å². The lowest BCUT2D eigenvalue weighted by Gasteiger charge is -2.08. The maximum Gasteiger partial charge on any atom is 0.335 e. The fourth-order valence-corrected chi connectivity index (χ4v) is 1.79. The summed E-state index contributed by atoms with van der Waals surface area (Å²) in [4.78, 5) is 10.7. The number of rotatable bonds is 3. The van der Waals surface area contributed by atoms with Gasteiger partial charge in [0.2, 0.25) is 0 Å². The zero-order chi connectivity index (χ0) is 14.0. The Morgan fingerprint density at radius 1 is 1.11 bits per heavy atom. The third-order valence-corrected chi connectivity index (χ3v) is 3.03. The Labute approximate surface area is 116 Å². The molecule has 98 valence electrons. The highest BCUT2D eigenvalue weighted by atomic mass is 79.9. The first-order chi connectivity index (χ1) is 8.97. The minimum absolute atomic E-state index is 0.0243. The first-order valence-electron chi connectivity index (χ1n) is 5.22. The Morgan fingerprint density at radius 3 is 2.32 bits per heavy atom. The number of hydrogen-bond donors (Lipinski definition) is 2. The van der Waals surface area contributed by atoms with Crippen LogP contribution in [0.15, 0.2) is 40.9 Å². The molecular weight excluding hydrogens is 320 g/mol. The van der Waals surface area contributed by atoms with E-state index in [1.165, 1.54) is 24.3 Å². The largest absolute Gasteiger partial charge is 0.478 e. The topological polar surface area (TPSA) is 49.3 Å². The number of nitrogens with one attached hydrogen (secondary N) is 1. The van der Waals surface area contributed by atoms with E-state index in [0.29, 0.717) is 5.69 Å². The van der Waals surface area contributed by atoms with Gasteiger partial charge in [-0.1, -0.05) is 0 Å². The summed E-state index contributed by atoms with van der Waals surface area (Å²) < 4.78 is 26.9. The molecule has 0 fully saturated rings. The fourth-order valence-electron chi connectivity index (χ4n) is 1.47. The van der Waals surface area contributed by atoms with Gasteiger partial charge in [-0.2, -0.15) is 0 Å². The molecule has 2 rings (SSSR count). The van der Waals surface area contributed by atoms with Crippen molar-refractivity contribution >= 4 is 33.3 Å². The second-order valence-electron chi connectivity index (χ2n) is 3.75. The predicted molar refractivity (Wildman–Crippen MR) is 70.7 cm³/mol. The van der Waals surface area contributed by atoms with Gasteiger partial charge < -0.3 is 10.4 Å². The van der Waals surface area contributed by atoms with Gasteiger partial charge in [0.1, 0.15) is 11.6 Å². The van der Waals surface area contributed by atoms with E-state index in [1.54, 1.807) is 0 Å². The standard InChI is InChI=1S/C13H8BrF2NO2/c14-9-5-11(16)12(6-10(9)15)17-8-3-1-7(2-4-8)13(18)19/h1-6,17H,(H,18,19). The Hall–Kier alpha value is -1.95. The van der Waals surface area contributed by atoms with Crippen LogP contribution in [-0.4, -0.2) is 11.1 Å². The smallest absolute Gasteiger partial charge is 0.335 e. The number of hydrogen-bond acceptors (Lipinski definition) is 2. The van der Waals surface area contributed by atoms with Gasteiger partial charge in [-0.05, 0) is 46.3 Å². The van der Waals surface area contributed by atoms with Crippen molar-refractivity contribution in [3.63, 3.8) is 0 Å². The van der Waals surface area contributed by atoms with Crippen LogP contribution in [0.1, 0.15) is 10.4 Å². The number of aromatic carboxylic acids is 1. The van der Waals surface area contributed by atoms with Gasteiger partial charge in [0.25, 0.3) is 0 Å². The maximum atomic E-state index is 13.6. The number of carbonyl (C=O) groups is 1. The van der Waals surface area contributed by atoms with Crippen molar-refractivity contribution in [1.29, 1.82) is 0 Å². The molecular formula is C13H8BrF2NO2. The molecule has 0 unspecified atom stereocenters. The van der Waals surface area contributed by atoms with Crippen molar-refractivity contribution in [2.45, 2.75) is 0 Å².